The molecule has 0 aliphatic carbocycles. The molecular weight excluding hydrogens is 188 g/mol. The second-order valence-electron chi connectivity index (χ2n) is 2.56. The Morgan fingerprint density at radius 2 is 2.27 bits per heavy atom. The van der Waals surface area contributed by atoms with Crippen LogP contribution in [0.1, 0.15) is 23.5 Å². The van der Waals surface area contributed by atoms with Crippen molar-refractivity contribution in [3.05, 3.63) is 35.8 Å². The average molecular weight is 212 g/mol. The monoisotopic (exact) mass is 212 g/mol. The highest BCUT2D eigenvalue weighted by Gasteiger charge is 1.95. The Kier molecular flexibility index (Phi) is 1.68. The number of amidine groups is 1. The zero-order valence-electron chi connectivity index (χ0n) is 16.1. The van der Waals surface area contributed by atoms with Gasteiger partial charge in [0, 0.05) is 12.0 Å². The highest BCUT2D eigenvalue weighted by Crippen LogP contribution is 1.97. The van der Waals surface area contributed by atoms with E-state index in [0.717, 1.165) is 6.07 Å². The van der Waals surface area contributed by atoms with Gasteiger partial charge in [0.1, 0.15) is 0 Å². The molecule has 15 heavy (non-hydrogen) atoms. The van der Waals surface area contributed by atoms with E-state index in [4.69, 9.17) is 21.8 Å². The first-order valence-corrected chi connectivity index (χ1v) is 4.08. The molecule has 0 amide bonds. The summed E-state index contributed by atoms with van der Waals surface area (Å²) in [5.74, 6) is -0.819. The highest BCUT2D eigenvalue weighted by atomic mass is 15.1. The molecule has 0 fully saturated rings. The van der Waals surface area contributed by atoms with Crippen LogP contribution in [0.3, 0.4) is 0 Å². The molecule has 4 heteroatoms. The summed E-state index contributed by atoms with van der Waals surface area (Å²) in [6.07, 6.45) is -2.94. The third kappa shape index (κ3) is 4.81. The number of hydrogen-bond acceptors (Lipinski definition) is 2. The standard InChI is InChI=1S/C11H16N4/c1-9(12)15-11(13)14-8-7-10-5-3-2-4-6-10/h2-6H,7-8H2,1H3,(H4,12,13,14,15)/i2D,3D,5D,6D,7D2,8D2. The molecular formula is C11H16N4. The van der Waals surface area contributed by atoms with E-state index in [-0.39, 0.29) is 5.84 Å². The minimum Gasteiger partial charge on any atom is -0.356 e. The molecule has 0 atom stereocenters. The Balaban J connectivity index is 3.32. The molecule has 4 N–H and O–H groups in total. The molecule has 1 rings (SSSR count). The van der Waals surface area contributed by atoms with Gasteiger partial charge in [0.25, 0.3) is 0 Å². The summed E-state index contributed by atoms with van der Waals surface area (Å²) in [6, 6.07) is -1.49. The second kappa shape index (κ2) is 5.80. The van der Waals surface area contributed by atoms with Crippen LogP contribution in [0.5, 0.6) is 0 Å². The maximum Gasteiger partial charge on any atom is 0.193 e. The molecule has 0 aliphatic rings. The smallest absolute Gasteiger partial charge is 0.193 e. The van der Waals surface area contributed by atoms with Gasteiger partial charge in [-0.1, -0.05) is 30.2 Å². The van der Waals surface area contributed by atoms with Crippen LogP contribution in [0.15, 0.2) is 30.2 Å². The molecule has 0 saturated heterocycles. The first-order chi connectivity index (χ1) is 10.3. The third-order valence-corrected chi connectivity index (χ3v) is 1.24. The maximum atomic E-state index is 7.96. The molecule has 0 heterocycles. The Morgan fingerprint density at radius 1 is 1.47 bits per heavy atom. The molecule has 1 aromatic carbocycles. The van der Waals surface area contributed by atoms with E-state index in [1.165, 1.54) is 6.92 Å². The number of benzene rings is 1. The molecule has 0 aromatic heterocycles. The summed E-state index contributed by atoms with van der Waals surface area (Å²) in [7, 11) is 0. The molecule has 0 aliphatic heterocycles. The van der Waals surface area contributed by atoms with E-state index in [1.807, 2.05) is 5.32 Å². The van der Waals surface area contributed by atoms with Crippen LogP contribution < -0.4 is 10.6 Å². The predicted molar refractivity (Wildman–Crippen MR) is 62.4 cm³/mol. The first-order valence-electron chi connectivity index (χ1n) is 8.08. The van der Waals surface area contributed by atoms with Gasteiger partial charge in [-0.05, 0) is 18.9 Å². The lowest BCUT2D eigenvalue weighted by molar-refractivity contribution is 0.842. The lowest BCUT2D eigenvalue weighted by atomic mass is 10.1. The van der Waals surface area contributed by atoms with E-state index >= 15 is 0 Å². The van der Waals surface area contributed by atoms with Crippen LogP contribution >= 0.6 is 0 Å². The SMILES string of the molecule is [2H]c1cc([2H])c(C([2H])([2H])C([2H])([2H])NC(=N)NC(C)=N)c([2H])c1[2H]. The first kappa shape index (κ1) is 4.35. The Labute approximate surface area is 101 Å². The summed E-state index contributed by atoms with van der Waals surface area (Å²) >= 11 is 0. The zero-order valence-corrected chi connectivity index (χ0v) is 8.08. The number of rotatable bonds is 3. The van der Waals surface area contributed by atoms with Crippen molar-refractivity contribution in [2.45, 2.75) is 13.3 Å². The average Bonchev–Trinajstić information content (AvgIpc) is 2.33. The molecule has 80 valence electrons. The van der Waals surface area contributed by atoms with Crippen molar-refractivity contribution in [1.29, 1.82) is 10.8 Å². The van der Waals surface area contributed by atoms with Crippen LogP contribution in [0, 0.1) is 10.8 Å². The summed E-state index contributed by atoms with van der Waals surface area (Å²) in [5, 5.41) is 18.7. The van der Waals surface area contributed by atoms with E-state index in [9.17, 15) is 0 Å². The highest BCUT2D eigenvalue weighted by molar-refractivity contribution is 5.95. The van der Waals surface area contributed by atoms with Crippen LogP contribution in [0.25, 0.3) is 0 Å². The quantitative estimate of drug-likeness (QED) is 0.451. The molecule has 0 saturated carbocycles. The van der Waals surface area contributed by atoms with Gasteiger partial charge >= 0.3 is 0 Å². The van der Waals surface area contributed by atoms with E-state index in [1.54, 1.807) is 0 Å². The molecule has 0 bridgehead atoms. The lowest BCUT2D eigenvalue weighted by Crippen LogP contribution is -2.39. The van der Waals surface area contributed by atoms with Crippen molar-refractivity contribution in [2.24, 2.45) is 0 Å². The minimum absolute atomic E-state index is 0.159. The summed E-state index contributed by atoms with van der Waals surface area (Å²) in [5.41, 5.74) is -0.685. The predicted octanol–water partition coefficient (Wildman–Crippen LogP) is 1.34. The normalized spacial score (nSPS) is 19.0. The molecule has 0 radical (unpaired) electrons. The topological polar surface area (TPSA) is 71.8 Å². The van der Waals surface area contributed by atoms with Crippen molar-refractivity contribution in [2.75, 3.05) is 6.50 Å². The number of nitrogens with one attached hydrogen (secondary N) is 4. The van der Waals surface area contributed by atoms with E-state index in [2.05, 4.69) is 5.32 Å². The second-order valence-corrected chi connectivity index (χ2v) is 2.56. The van der Waals surface area contributed by atoms with E-state index in [0.29, 0.717) is 0 Å². The van der Waals surface area contributed by atoms with E-state index < -0.39 is 48.6 Å². The molecule has 4 nitrogen and oxygen atoms in total. The van der Waals surface area contributed by atoms with Crippen molar-refractivity contribution in [1.82, 2.24) is 10.6 Å². The summed E-state index contributed by atoms with van der Waals surface area (Å²) in [6.45, 7) is -1.60. The van der Waals surface area contributed by atoms with Gasteiger partial charge in [-0.3, -0.25) is 10.8 Å². The fourth-order valence-corrected chi connectivity index (χ4v) is 0.721. The minimum atomic E-state index is -2.94. The van der Waals surface area contributed by atoms with Gasteiger partial charge in [-0.2, -0.15) is 0 Å². The maximum absolute atomic E-state index is 7.96. The molecule has 1 aromatic rings. The Hall–Kier alpha value is -1.84. The fourth-order valence-electron chi connectivity index (χ4n) is 0.721. The molecule has 0 spiro atoms. The zero-order chi connectivity index (χ0) is 18.2. The van der Waals surface area contributed by atoms with Gasteiger partial charge in [-0.15, -0.1) is 0 Å². The molecule has 0 unspecified atom stereocenters. The number of hydrogen-bond donors (Lipinski definition) is 4. The van der Waals surface area contributed by atoms with Gasteiger partial charge < -0.3 is 10.6 Å². The van der Waals surface area contributed by atoms with Crippen molar-refractivity contribution in [3.63, 3.8) is 0 Å². The van der Waals surface area contributed by atoms with Crippen LogP contribution in [0.4, 0.5) is 0 Å². The Bertz CT molecular complexity index is 658. The van der Waals surface area contributed by atoms with Crippen LogP contribution in [-0.4, -0.2) is 18.3 Å². The van der Waals surface area contributed by atoms with Crippen LogP contribution in [0.2, 0.25) is 0 Å². The van der Waals surface area contributed by atoms with Crippen molar-refractivity contribution < 1.29 is 11.0 Å². The van der Waals surface area contributed by atoms with Gasteiger partial charge in [0.05, 0.1) is 11.3 Å². The van der Waals surface area contributed by atoms with Gasteiger partial charge in [0.2, 0.25) is 0 Å². The van der Waals surface area contributed by atoms with Gasteiger partial charge in [0.15, 0.2) is 5.96 Å². The summed E-state index contributed by atoms with van der Waals surface area (Å²) < 4.78 is 62.0. The van der Waals surface area contributed by atoms with Crippen molar-refractivity contribution >= 4 is 11.8 Å². The fraction of sp³-hybridized carbons (Fsp3) is 0.273. The Morgan fingerprint density at radius 3 is 3.00 bits per heavy atom. The lowest BCUT2D eigenvalue weighted by Gasteiger charge is -2.08. The summed E-state index contributed by atoms with van der Waals surface area (Å²) in [4.78, 5) is 0. The van der Waals surface area contributed by atoms with Crippen LogP contribution in [-0.2, 0) is 6.37 Å². The largest absolute Gasteiger partial charge is 0.356 e. The third-order valence-electron chi connectivity index (χ3n) is 1.24. The van der Waals surface area contributed by atoms with Gasteiger partial charge in [-0.25, -0.2) is 0 Å². The van der Waals surface area contributed by atoms with Crippen molar-refractivity contribution in [3.8, 4) is 0 Å². The number of guanidine groups is 1.